The smallest absolute Gasteiger partial charge is 0.305 e. The van der Waals surface area contributed by atoms with Gasteiger partial charge in [-0.25, -0.2) is 4.98 Å². The minimum Gasteiger partial charge on any atom is -0.481 e. The second-order valence-corrected chi connectivity index (χ2v) is 7.02. The summed E-state index contributed by atoms with van der Waals surface area (Å²) in [6.45, 7) is 0.878. The molecule has 8 heteroatoms. The molecular formula is C19H21ClN2O5. The van der Waals surface area contributed by atoms with E-state index in [4.69, 9.17) is 25.9 Å². The van der Waals surface area contributed by atoms with Crippen molar-refractivity contribution < 1.29 is 23.8 Å². The van der Waals surface area contributed by atoms with Gasteiger partial charge in [-0.15, -0.1) is 0 Å². The fourth-order valence-electron chi connectivity index (χ4n) is 3.19. The molecule has 0 atom stereocenters. The molecule has 1 aromatic carbocycles. The second-order valence-electron chi connectivity index (χ2n) is 6.61. The van der Waals surface area contributed by atoms with Gasteiger partial charge in [0.05, 0.1) is 23.2 Å². The molecule has 0 saturated carbocycles. The molecule has 2 N–H and O–H groups in total. The van der Waals surface area contributed by atoms with Crippen molar-refractivity contribution in [2.24, 2.45) is 0 Å². The molecule has 0 radical (unpaired) electrons. The zero-order valence-electron chi connectivity index (χ0n) is 14.7. The average Bonchev–Trinajstić information content (AvgIpc) is 3.09. The molecule has 0 aliphatic carbocycles. The van der Waals surface area contributed by atoms with E-state index in [9.17, 15) is 9.59 Å². The van der Waals surface area contributed by atoms with Crippen LogP contribution in [-0.2, 0) is 20.7 Å². The fraction of sp³-hybridized carbons (Fsp3) is 0.421. The summed E-state index contributed by atoms with van der Waals surface area (Å²) in [6.07, 6.45) is 2.92. The lowest BCUT2D eigenvalue weighted by Crippen LogP contribution is -2.53. The molecule has 1 amide bonds. The summed E-state index contributed by atoms with van der Waals surface area (Å²) in [6, 6.07) is 7.28. The van der Waals surface area contributed by atoms with E-state index in [-0.39, 0.29) is 18.7 Å². The maximum absolute atomic E-state index is 12.4. The Morgan fingerprint density at radius 1 is 1.26 bits per heavy atom. The number of hydrogen-bond acceptors (Lipinski definition) is 5. The SMILES string of the molecule is O=C(O)CC1(NC(=O)CCc2ncc(-c3ccccc3Cl)o2)CCOCC1. The van der Waals surface area contributed by atoms with Crippen molar-refractivity contribution in [2.75, 3.05) is 13.2 Å². The molecule has 1 fully saturated rings. The number of carboxylic acids is 1. The van der Waals surface area contributed by atoms with Gasteiger partial charge in [0.2, 0.25) is 5.91 Å². The van der Waals surface area contributed by atoms with Gasteiger partial charge in [-0.1, -0.05) is 23.7 Å². The normalized spacial score (nSPS) is 16.0. The molecule has 144 valence electrons. The van der Waals surface area contributed by atoms with Crippen molar-refractivity contribution in [1.29, 1.82) is 0 Å². The molecule has 0 spiro atoms. The van der Waals surface area contributed by atoms with Gasteiger partial charge in [-0.05, 0) is 25.0 Å². The molecule has 1 aliphatic heterocycles. The first-order valence-electron chi connectivity index (χ1n) is 8.78. The Bertz CT molecular complexity index is 814. The van der Waals surface area contributed by atoms with E-state index in [0.29, 0.717) is 49.1 Å². The van der Waals surface area contributed by atoms with Crippen molar-refractivity contribution in [2.45, 2.75) is 37.6 Å². The Morgan fingerprint density at radius 2 is 2.00 bits per heavy atom. The lowest BCUT2D eigenvalue weighted by molar-refractivity contribution is -0.140. The van der Waals surface area contributed by atoms with Crippen molar-refractivity contribution in [1.82, 2.24) is 10.3 Å². The summed E-state index contributed by atoms with van der Waals surface area (Å²) < 4.78 is 11.0. The number of amides is 1. The van der Waals surface area contributed by atoms with E-state index in [1.165, 1.54) is 0 Å². The molecule has 2 aromatic rings. The average molecular weight is 393 g/mol. The zero-order chi connectivity index (χ0) is 19.3. The lowest BCUT2D eigenvalue weighted by Gasteiger charge is -2.36. The number of carboxylic acid groups (broad SMARTS) is 1. The van der Waals surface area contributed by atoms with Crippen molar-refractivity contribution in [3.63, 3.8) is 0 Å². The molecule has 0 bridgehead atoms. The molecule has 1 aromatic heterocycles. The Morgan fingerprint density at radius 3 is 2.70 bits per heavy atom. The first-order valence-corrected chi connectivity index (χ1v) is 9.15. The highest BCUT2D eigenvalue weighted by atomic mass is 35.5. The number of aryl methyl sites for hydroxylation is 1. The van der Waals surface area contributed by atoms with E-state index in [2.05, 4.69) is 10.3 Å². The van der Waals surface area contributed by atoms with Crippen LogP contribution < -0.4 is 5.32 Å². The highest BCUT2D eigenvalue weighted by Crippen LogP contribution is 2.28. The largest absolute Gasteiger partial charge is 0.481 e. The number of aromatic nitrogens is 1. The number of ether oxygens (including phenoxy) is 1. The number of oxazole rings is 1. The molecule has 1 saturated heterocycles. The van der Waals surface area contributed by atoms with Crippen LogP contribution in [0.4, 0.5) is 0 Å². The fourth-order valence-corrected chi connectivity index (χ4v) is 3.42. The minimum atomic E-state index is -0.936. The summed E-state index contributed by atoms with van der Waals surface area (Å²) in [5, 5.41) is 12.6. The Hall–Kier alpha value is -2.38. The summed E-state index contributed by atoms with van der Waals surface area (Å²) in [7, 11) is 0. The molecular weight excluding hydrogens is 372 g/mol. The second kappa shape index (κ2) is 8.54. The maximum atomic E-state index is 12.4. The van der Waals surface area contributed by atoms with Crippen molar-refractivity contribution in [3.05, 3.63) is 41.4 Å². The highest BCUT2D eigenvalue weighted by Gasteiger charge is 2.36. The van der Waals surface area contributed by atoms with E-state index < -0.39 is 11.5 Å². The highest BCUT2D eigenvalue weighted by molar-refractivity contribution is 6.33. The van der Waals surface area contributed by atoms with Gasteiger partial charge in [-0.2, -0.15) is 0 Å². The van der Waals surface area contributed by atoms with Crippen LogP contribution in [0, 0.1) is 0 Å². The molecule has 3 rings (SSSR count). The van der Waals surface area contributed by atoms with Crippen molar-refractivity contribution in [3.8, 4) is 11.3 Å². The Balaban J connectivity index is 1.59. The van der Waals surface area contributed by atoms with Crippen LogP contribution in [0.5, 0.6) is 0 Å². The predicted octanol–water partition coefficient (Wildman–Crippen LogP) is 3.07. The molecule has 1 aliphatic rings. The third-order valence-electron chi connectivity index (χ3n) is 4.60. The monoisotopic (exact) mass is 392 g/mol. The number of rotatable bonds is 7. The molecule has 7 nitrogen and oxygen atoms in total. The van der Waals surface area contributed by atoms with E-state index in [0.717, 1.165) is 5.56 Å². The number of nitrogens with one attached hydrogen (secondary N) is 1. The quantitative estimate of drug-likeness (QED) is 0.750. The third kappa shape index (κ3) is 5.08. The summed E-state index contributed by atoms with van der Waals surface area (Å²) in [5.41, 5.74) is -0.00879. The van der Waals surface area contributed by atoms with Gasteiger partial charge in [0.15, 0.2) is 11.7 Å². The number of aliphatic carboxylic acids is 1. The summed E-state index contributed by atoms with van der Waals surface area (Å²) >= 11 is 6.15. The Kier molecular flexibility index (Phi) is 6.13. The summed E-state index contributed by atoms with van der Waals surface area (Å²) in [5.74, 6) is -0.188. The van der Waals surface area contributed by atoms with Gasteiger partial charge < -0.3 is 19.6 Å². The zero-order valence-corrected chi connectivity index (χ0v) is 15.5. The van der Waals surface area contributed by atoms with E-state index in [1.54, 1.807) is 12.3 Å². The van der Waals surface area contributed by atoms with Crippen LogP contribution in [0.2, 0.25) is 5.02 Å². The van der Waals surface area contributed by atoms with E-state index >= 15 is 0 Å². The molecule has 0 unspecified atom stereocenters. The van der Waals surface area contributed by atoms with Crippen LogP contribution in [-0.4, -0.2) is 40.7 Å². The predicted molar refractivity (Wildman–Crippen MR) is 98.4 cm³/mol. The lowest BCUT2D eigenvalue weighted by atomic mass is 9.86. The van der Waals surface area contributed by atoms with Crippen LogP contribution in [0.25, 0.3) is 11.3 Å². The number of benzene rings is 1. The number of carbonyl (C=O) groups excluding carboxylic acids is 1. The summed E-state index contributed by atoms with van der Waals surface area (Å²) in [4.78, 5) is 27.7. The number of carbonyl (C=O) groups is 2. The van der Waals surface area contributed by atoms with Gasteiger partial charge >= 0.3 is 5.97 Å². The third-order valence-corrected chi connectivity index (χ3v) is 4.93. The van der Waals surface area contributed by atoms with Gasteiger partial charge in [0.25, 0.3) is 0 Å². The Labute approximate surface area is 161 Å². The number of halogens is 1. The standard InChI is InChI=1S/C19H21ClN2O5/c20-14-4-2-1-3-13(14)15-12-21-17(27-15)6-5-16(23)22-19(11-18(24)25)7-9-26-10-8-19/h1-4,12H,5-11H2,(H,22,23)(H,24,25). The van der Waals surface area contributed by atoms with Crippen LogP contribution in [0.3, 0.4) is 0 Å². The number of hydrogen-bond donors (Lipinski definition) is 2. The van der Waals surface area contributed by atoms with E-state index in [1.807, 2.05) is 18.2 Å². The first kappa shape index (κ1) is 19.4. The van der Waals surface area contributed by atoms with Crippen molar-refractivity contribution >= 4 is 23.5 Å². The first-order chi connectivity index (χ1) is 13.0. The number of nitrogens with zero attached hydrogens (tertiary/aromatic N) is 1. The maximum Gasteiger partial charge on any atom is 0.305 e. The molecule has 27 heavy (non-hydrogen) atoms. The molecule has 2 heterocycles. The van der Waals surface area contributed by atoms with Gasteiger partial charge in [-0.3, -0.25) is 9.59 Å². The van der Waals surface area contributed by atoms with Crippen LogP contribution in [0.1, 0.15) is 31.6 Å². The van der Waals surface area contributed by atoms with Crippen LogP contribution >= 0.6 is 11.6 Å². The van der Waals surface area contributed by atoms with Gasteiger partial charge in [0.1, 0.15) is 0 Å². The topological polar surface area (TPSA) is 102 Å². The van der Waals surface area contributed by atoms with Crippen LogP contribution in [0.15, 0.2) is 34.9 Å². The minimum absolute atomic E-state index is 0.113. The van der Waals surface area contributed by atoms with Gasteiger partial charge in [0, 0.05) is 31.6 Å².